The molecule has 196 valence electrons. The largest absolute Gasteiger partial charge is 0.503 e. The number of hydrogen-bond donors (Lipinski definition) is 1. The molecule has 0 fully saturated rings. The third kappa shape index (κ3) is 5.93. The molecule has 8 heteroatoms. The van der Waals surface area contributed by atoms with Crippen LogP contribution in [0.2, 0.25) is 0 Å². The zero-order valence-corrected chi connectivity index (χ0v) is 22.0. The molecule has 0 radical (unpaired) electrons. The van der Waals surface area contributed by atoms with Gasteiger partial charge in [-0.1, -0.05) is 26.8 Å². The predicted octanol–water partition coefficient (Wildman–Crippen LogP) is 5.09. The van der Waals surface area contributed by atoms with Gasteiger partial charge in [0.1, 0.15) is 5.76 Å². The first-order valence-electron chi connectivity index (χ1n) is 12.8. The standard InChI is InChI=1S/C28H38N2O6/c1-6-17-35-21-14-12-20(18-23(21)34-9-4)25-24(26(31)22-13-11-19(5)36-22)27(32)28(33)30(25)16-10-15-29(7-2)8-3/h11-14,18,25,32H,6-10,15-17H2,1-5H3/t25-/m1/s1. The molecule has 1 aromatic carbocycles. The van der Waals surface area contributed by atoms with E-state index in [0.717, 1.165) is 26.1 Å². The number of hydrogen-bond acceptors (Lipinski definition) is 7. The lowest BCUT2D eigenvalue weighted by atomic mass is 9.94. The number of nitrogens with zero attached hydrogens (tertiary/aromatic N) is 2. The first-order chi connectivity index (χ1) is 17.4. The molecule has 1 amide bonds. The smallest absolute Gasteiger partial charge is 0.290 e. The van der Waals surface area contributed by atoms with Gasteiger partial charge < -0.3 is 28.8 Å². The minimum atomic E-state index is -0.772. The van der Waals surface area contributed by atoms with Crippen LogP contribution in [0, 0.1) is 6.92 Å². The van der Waals surface area contributed by atoms with Crippen LogP contribution in [0.4, 0.5) is 0 Å². The van der Waals surface area contributed by atoms with Gasteiger partial charge in [0.05, 0.1) is 24.8 Å². The molecule has 1 aliphatic heterocycles. The van der Waals surface area contributed by atoms with E-state index in [9.17, 15) is 14.7 Å². The second-order valence-electron chi connectivity index (χ2n) is 8.77. The van der Waals surface area contributed by atoms with Gasteiger partial charge in [-0.3, -0.25) is 9.59 Å². The van der Waals surface area contributed by atoms with E-state index in [1.807, 2.05) is 19.9 Å². The summed E-state index contributed by atoms with van der Waals surface area (Å²) in [5.41, 5.74) is 0.677. The Morgan fingerprint density at radius 1 is 1.08 bits per heavy atom. The van der Waals surface area contributed by atoms with Crippen molar-refractivity contribution >= 4 is 11.7 Å². The lowest BCUT2D eigenvalue weighted by molar-refractivity contribution is -0.129. The van der Waals surface area contributed by atoms with Crippen molar-refractivity contribution < 1.29 is 28.6 Å². The predicted molar refractivity (Wildman–Crippen MR) is 138 cm³/mol. The fourth-order valence-corrected chi connectivity index (χ4v) is 4.45. The summed E-state index contributed by atoms with van der Waals surface area (Å²) in [6, 6.07) is 7.89. The normalized spacial score (nSPS) is 15.8. The van der Waals surface area contributed by atoms with Crippen LogP contribution in [0.5, 0.6) is 11.5 Å². The summed E-state index contributed by atoms with van der Waals surface area (Å²) >= 11 is 0. The summed E-state index contributed by atoms with van der Waals surface area (Å²) in [5, 5.41) is 10.9. The Kier molecular flexibility index (Phi) is 9.58. The summed E-state index contributed by atoms with van der Waals surface area (Å²) < 4.78 is 17.2. The molecule has 2 heterocycles. The number of aliphatic hydroxyl groups is 1. The number of benzene rings is 1. The molecule has 8 nitrogen and oxygen atoms in total. The van der Waals surface area contributed by atoms with E-state index in [0.29, 0.717) is 49.0 Å². The van der Waals surface area contributed by atoms with Crippen LogP contribution in [0.1, 0.15) is 68.5 Å². The first kappa shape index (κ1) is 27.3. The average Bonchev–Trinajstić information content (AvgIpc) is 3.42. The molecule has 1 N–H and O–H groups in total. The molecule has 0 aliphatic carbocycles. The van der Waals surface area contributed by atoms with Gasteiger partial charge in [-0.2, -0.15) is 0 Å². The molecule has 0 unspecified atom stereocenters. The zero-order chi connectivity index (χ0) is 26.2. The lowest BCUT2D eigenvalue weighted by Gasteiger charge is -2.28. The van der Waals surface area contributed by atoms with Crippen LogP contribution in [-0.4, -0.2) is 66.0 Å². The van der Waals surface area contributed by atoms with Crippen LogP contribution in [-0.2, 0) is 4.79 Å². The summed E-state index contributed by atoms with van der Waals surface area (Å²) in [4.78, 5) is 30.6. The Bertz CT molecular complexity index is 1090. The second kappa shape index (κ2) is 12.6. The second-order valence-corrected chi connectivity index (χ2v) is 8.77. The van der Waals surface area contributed by atoms with Crippen molar-refractivity contribution in [2.45, 2.75) is 53.5 Å². The van der Waals surface area contributed by atoms with Gasteiger partial charge in [0, 0.05) is 6.54 Å². The van der Waals surface area contributed by atoms with Crippen LogP contribution in [0.3, 0.4) is 0 Å². The van der Waals surface area contributed by atoms with Crippen molar-refractivity contribution in [3.63, 3.8) is 0 Å². The molecule has 1 aliphatic rings. The number of amides is 1. The monoisotopic (exact) mass is 498 g/mol. The van der Waals surface area contributed by atoms with E-state index in [1.54, 1.807) is 36.1 Å². The number of carbonyl (C=O) groups excluding carboxylic acids is 2. The number of ether oxygens (including phenoxy) is 2. The quantitative estimate of drug-likeness (QED) is 0.363. The van der Waals surface area contributed by atoms with E-state index in [-0.39, 0.29) is 11.3 Å². The Morgan fingerprint density at radius 3 is 2.44 bits per heavy atom. The van der Waals surface area contributed by atoms with Gasteiger partial charge in [0.25, 0.3) is 5.91 Å². The minimum absolute atomic E-state index is 0.0156. The number of aryl methyl sites for hydroxylation is 1. The fraction of sp³-hybridized carbons (Fsp3) is 0.500. The summed E-state index contributed by atoms with van der Waals surface area (Å²) in [7, 11) is 0. The van der Waals surface area contributed by atoms with Gasteiger partial charge in [-0.25, -0.2) is 0 Å². The number of ketones is 1. The maximum atomic E-state index is 13.5. The van der Waals surface area contributed by atoms with Gasteiger partial charge in [-0.15, -0.1) is 0 Å². The summed E-state index contributed by atoms with van der Waals surface area (Å²) in [5.74, 6) is 0.195. The van der Waals surface area contributed by atoms with Crippen molar-refractivity contribution in [3.05, 3.63) is 58.7 Å². The maximum absolute atomic E-state index is 13.5. The zero-order valence-electron chi connectivity index (χ0n) is 22.0. The van der Waals surface area contributed by atoms with E-state index in [2.05, 4.69) is 18.7 Å². The number of furan rings is 1. The highest BCUT2D eigenvalue weighted by Gasteiger charge is 2.44. The third-order valence-corrected chi connectivity index (χ3v) is 6.33. The molecule has 0 bridgehead atoms. The fourth-order valence-electron chi connectivity index (χ4n) is 4.45. The molecule has 0 spiro atoms. The topological polar surface area (TPSA) is 92.5 Å². The van der Waals surface area contributed by atoms with Crippen molar-refractivity contribution in [3.8, 4) is 11.5 Å². The lowest BCUT2D eigenvalue weighted by Crippen LogP contribution is -2.34. The van der Waals surface area contributed by atoms with Gasteiger partial charge in [0.2, 0.25) is 5.78 Å². The molecule has 0 saturated heterocycles. The highest BCUT2D eigenvalue weighted by Crippen LogP contribution is 2.42. The number of rotatable bonds is 14. The molecule has 2 aromatic rings. The summed E-state index contributed by atoms with van der Waals surface area (Å²) in [6.45, 7) is 13.8. The van der Waals surface area contributed by atoms with Gasteiger partial charge >= 0.3 is 0 Å². The van der Waals surface area contributed by atoms with Crippen LogP contribution >= 0.6 is 0 Å². The molecular formula is C28H38N2O6. The van der Waals surface area contributed by atoms with E-state index in [4.69, 9.17) is 13.9 Å². The Labute approximate surface area is 213 Å². The van der Waals surface area contributed by atoms with Crippen molar-refractivity contribution in [2.75, 3.05) is 39.4 Å². The Hall–Kier alpha value is -3.26. The number of carbonyl (C=O) groups is 2. The average molecular weight is 499 g/mol. The van der Waals surface area contributed by atoms with E-state index in [1.165, 1.54) is 0 Å². The maximum Gasteiger partial charge on any atom is 0.290 e. The highest BCUT2D eigenvalue weighted by molar-refractivity contribution is 6.15. The van der Waals surface area contributed by atoms with Crippen LogP contribution in [0.15, 0.2) is 46.1 Å². The van der Waals surface area contributed by atoms with Crippen molar-refractivity contribution in [1.29, 1.82) is 0 Å². The minimum Gasteiger partial charge on any atom is -0.503 e. The van der Waals surface area contributed by atoms with E-state index < -0.39 is 23.5 Å². The van der Waals surface area contributed by atoms with E-state index >= 15 is 0 Å². The molecular weight excluding hydrogens is 460 g/mol. The Balaban J connectivity index is 2.02. The SMILES string of the molecule is CCCOc1ccc([C@@H]2C(C(=O)c3ccc(C)o3)=C(O)C(=O)N2CCCN(CC)CC)cc1OCC. The van der Waals surface area contributed by atoms with Crippen LogP contribution < -0.4 is 9.47 Å². The van der Waals surface area contributed by atoms with Crippen molar-refractivity contribution in [2.24, 2.45) is 0 Å². The number of aliphatic hydroxyl groups excluding tert-OH is 1. The van der Waals surface area contributed by atoms with Crippen LogP contribution in [0.25, 0.3) is 0 Å². The number of Topliss-reactive ketones (excluding diaryl/α,β-unsaturated/α-hetero) is 1. The van der Waals surface area contributed by atoms with Crippen molar-refractivity contribution in [1.82, 2.24) is 9.80 Å². The first-order valence-corrected chi connectivity index (χ1v) is 12.8. The molecule has 3 rings (SSSR count). The highest BCUT2D eigenvalue weighted by atomic mass is 16.5. The molecule has 1 atom stereocenters. The summed E-state index contributed by atoms with van der Waals surface area (Å²) in [6.07, 6.45) is 1.55. The van der Waals surface area contributed by atoms with Gasteiger partial charge in [-0.05, 0) is 76.2 Å². The molecule has 1 aromatic heterocycles. The third-order valence-electron chi connectivity index (χ3n) is 6.33. The molecule has 36 heavy (non-hydrogen) atoms. The molecule has 0 saturated carbocycles. The Morgan fingerprint density at radius 2 is 1.83 bits per heavy atom. The van der Waals surface area contributed by atoms with Gasteiger partial charge in [0.15, 0.2) is 23.0 Å².